The first-order chi connectivity index (χ1) is 16.5. The molecule has 1 unspecified atom stereocenters. The van der Waals surface area contributed by atoms with Gasteiger partial charge in [-0.15, -0.1) is 0 Å². The molecule has 34 heavy (non-hydrogen) atoms. The summed E-state index contributed by atoms with van der Waals surface area (Å²) in [4.78, 5) is 25.6. The smallest absolute Gasteiger partial charge is 0.246 e. The van der Waals surface area contributed by atoms with Gasteiger partial charge in [-0.1, -0.05) is 48.0 Å². The number of nitrogens with one attached hydrogen (secondary N) is 3. The van der Waals surface area contributed by atoms with E-state index in [1.807, 2.05) is 85.8 Å². The van der Waals surface area contributed by atoms with E-state index in [9.17, 15) is 9.59 Å². The SMILES string of the molecule is Cc1ccc(NC(=O)C(CCCCN)NC(=O)CNc2ccccc2Oc2ccccc2)cc1. The summed E-state index contributed by atoms with van der Waals surface area (Å²) in [6.45, 7) is 2.53. The zero-order chi connectivity index (χ0) is 24.2. The monoisotopic (exact) mass is 460 g/mol. The van der Waals surface area contributed by atoms with Crippen LogP contribution in [0.3, 0.4) is 0 Å². The number of hydrogen-bond acceptors (Lipinski definition) is 5. The van der Waals surface area contributed by atoms with Gasteiger partial charge < -0.3 is 26.4 Å². The van der Waals surface area contributed by atoms with Crippen LogP contribution >= 0.6 is 0 Å². The number of carbonyl (C=O) groups excluding carboxylic acids is 2. The number of benzene rings is 3. The third-order valence-electron chi connectivity index (χ3n) is 5.22. The molecule has 3 aromatic rings. The Morgan fingerprint density at radius 2 is 1.62 bits per heavy atom. The summed E-state index contributed by atoms with van der Waals surface area (Å²) in [5.41, 5.74) is 8.09. The number of para-hydroxylation sites is 3. The van der Waals surface area contributed by atoms with E-state index < -0.39 is 6.04 Å². The normalized spacial score (nSPS) is 11.4. The van der Waals surface area contributed by atoms with E-state index in [1.165, 1.54) is 0 Å². The van der Waals surface area contributed by atoms with Crippen LogP contribution < -0.4 is 26.4 Å². The molecule has 7 nitrogen and oxygen atoms in total. The average molecular weight is 461 g/mol. The van der Waals surface area contributed by atoms with Gasteiger partial charge in [0.05, 0.1) is 12.2 Å². The molecular formula is C27H32N4O3. The van der Waals surface area contributed by atoms with E-state index in [1.54, 1.807) is 0 Å². The molecule has 0 spiro atoms. The molecule has 0 aliphatic heterocycles. The van der Waals surface area contributed by atoms with Crippen molar-refractivity contribution in [2.24, 2.45) is 5.73 Å². The number of nitrogens with two attached hydrogens (primary N) is 1. The van der Waals surface area contributed by atoms with Gasteiger partial charge in [0.25, 0.3) is 0 Å². The predicted molar refractivity (Wildman–Crippen MR) is 136 cm³/mol. The molecule has 2 amide bonds. The summed E-state index contributed by atoms with van der Waals surface area (Å²) in [5.74, 6) is 0.778. The third kappa shape index (κ3) is 7.94. The molecule has 0 bridgehead atoms. The summed E-state index contributed by atoms with van der Waals surface area (Å²) in [5, 5.41) is 8.85. The van der Waals surface area contributed by atoms with Crippen molar-refractivity contribution < 1.29 is 14.3 Å². The van der Waals surface area contributed by atoms with E-state index in [-0.39, 0.29) is 18.4 Å². The first kappa shape index (κ1) is 24.8. The molecule has 5 N–H and O–H groups in total. The minimum absolute atomic E-state index is 0.000361. The molecule has 0 heterocycles. The minimum atomic E-state index is -0.655. The van der Waals surface area contributed by atoms with Crippen LogP contribution in [0.15, 0.2) is 78.9 Å². The Morgan fingerprint density at radius 1 is 0.912 bits per heavy atom. The number of ether oxygens (including phenoxy) is 1. The van der Waals surface area contributed by atoms with E-state index in [2.05, 4.69) is 16.0 Å². The van der Waals surface area contributed by atoms with Gasteiger partial charge in [-0.05, 0) is 69.1 Å². The molecule has 3 aromatic carbocycles. The van der Waals surface area contributed by atoms with Gasteiger partial charge in [-0.2, -0.15) is 0 Å². The standard InChI is InChI=1S/C27H32N4O3/c1-20-14-16-21(17-15-20)30-27(33)24(12-7-8-18-28)31-26(32)19-29-23-11-5-6-13-25(23)34-22-9-3-2-4-10-22/h2-6,9-11,13-17,24,29H,7-8,12,18-19,28H2,1H3,(H,30,33)(H,31,32). The number of unbranched alkanes of at least 4 members (excludes halogenated alkanes) is 1. The molecule has 0 saturated heterocycles. The van der Waals surface area contributed by atoms with Crippen molar-refractivity contribution in [3.8, 4) is 11.5 Å². The van der Waals surface area contributed by atoms with Crippen molar-refractivity contribution >= 4 is 23.2 Å². The molecule has 0 aliphatic carbocycles. The van der Waals surface area contributed by atoms with Crippen molar-refractivity contribution in [1.29, 1.82) is 0 Å². The quantitative estimate of drug-likeness (QED) is 0.299. The lowest BCUT2D eigenvalue weighted by Gasteiger charge is -2.19. The molecule has 0 aliphatic rings. The van der Waals surface area contributed by atoms with Crippen LogP contribution in [0.5, 0.6) is 11.5 Å². The topological polar surface area (TPSA) is 105 Å². The second-order valence-electron chi connectivity index (χ2n) is 8.02. The van der Waals surface area contributed by atoms with Crippen LogP contribution in [0.25, 0.3) is 0 Å². The molecular weight excluding hydrogens is 428 g/mol. The van der Waals surface area contributed by atoms with Gasteiger partial charge in [0, 0.05) is 5.69 Å². The highest BCUT2D eigenvalue weighted by molar-refractivity contribution is 5.97. The lowest BCUT2D eigenvalue weighted by Crippen LogP contribution is -2.45. The maximum atomic E-state index is 12.9. The highest BCUT2D eigenvalue weighted by Gasteiger charge is 2.20. The van der Waals surface area contributed by atoms with Crippen LogP contribution in [-0.4, -0.2) is 30.9 Å². The first-order valence-corrected chi connectivity index (χ1v) is 11.5. The first-order valence-electron chi connectivity index (χ1n) is 11.5. The van der Waals surface area contributed by atoms with Crippen molar-refractivity contribution in [2.45, 2.75) is 32.2 Å². The highest BCUT2D eigenvalue weighted by Crippen LogP contribution is 2.28. The second-order valence-corrected chi connectivity index (χ2v) is 8.02. The van der Waals surface area contributed by atoms with E-state index in [4.69, 9.17) is 10.5 Å². The average Bonchev–Trinajstić information content (AvgIpc) is 2.85. The van der Waals surface area contributed by atoms with E-state index in [0.29, 0.717) is 35.8 Å². The van der Waals surface area contributed by atoms with Gasteiger partial charge in [-0.3, -0.25) is 9.59 Å². The van der Waals surface area contributed by atoms with Crippen LogP contribution in [0.4, 0.5) is 11.4 Å². The molecule has 1 atom stereocenters. The summed E-state index contributed by atoms with van der Waals surface area (Å²) < 4.78 is 5.93. The van der Waals surface area contributed by atoms with Crippen molar-refractivity contribution in [3.05, 3.63) is 84.4 Å². The third-order valence-corrected chi connectivity index (χ3v) is 5.22. The van der Waals surface area contributed by atoms with Crippen LogP contribution in [0.2, 0.25) is 0 Å². The zero-order valence-electron chi connectivity index (χ0n) is 19.4. The number of anilines is 2. The van der Waals surface area contributed by atoms with Crippen LogP contribution in [0, 0.1) is 6.92 Å². The number of aryl methyl sites for hydroxylation is 1. The molecule has 178 valence electrons. The fourth-order valence-electron chi connectivity index (χ4n) is 3.37. The van der Waals surface area contributed by atoms with E-state index in [0.717, 1.165) is 18.4 Å². The summed E-state index contributed by atoms with van der Waals surface area (Å²) >= 11 is 0. The van der Waals surface area contributed by atoms with E-state index >= 15 is 0 Å². The van der Waals surface area contributed by atoms with Gasteiger partial charge in [0.2, 0.25) is 11.8 Å². The molecule has 3 rings (SSSR count). The van der Waals surface area contributed by atoms with Crippen molar-refractivity contribution in [1.82, 2.24) is 5.32 Å². The Hall–Kier alpha value is -3.84. The summed E-state index contributed by atoms with van der Waals surface area (Å²) in [6.07, 6.45) is 2.03. The Morgan fingerprint density at radius 3 is 2.35 bits per heavy atom. The van der Waals surface area contributed by atoms with Gasteiger partial charge in [-0.25, -0.2) is 0 Å². The summed E-state index contributed by atoms with van der Waals surface area (Å²) in [7, 11) is 0. The van der Waals surface area contributed by atoms with Gasteiger partial charge >= 0.3 is 0 Å². The maximum Gasteiger partial charge on any atom is 0.246 e. The number of amides is 2. The lowest BCUT2D eigenvalue weighted by atomic mass is 10.1. The molecule has 0 radical (unpaired) electrons. The molecule has 0 saturated carbocycles. The lowest BCUT2D eigenvalue weighted by molar-refractivity contribution is -0.125. The minimum Gasteiger partial charge on any atom is -0.455 e. The fraction of sp³-hybridized carbons (Fsp3) is 0.259. The molecule has 7 heteroatoms. The number of carbonyl (C=O) groups is 2. The Bertz CT molecular complexity index is 1050. The fourth-order valence-corrected chi connectivity index (χ4v) is 3.37. The van der Waals surface area contributed by atoms with Gasteiger partial charge in [0.15, 0.2) is 5.75 Å². The Balaban J connectivity index is 1.59. The maximum absolute atomic E-state index is 12.9. The van der Waals surface area contributed by atoms with Crippen LogP contribution in [0.1, 0.15) is 24.8 Å². The second kappa shape index (κ2) is 13.0. The van der Waals surface area contributed by atoms with Gasteiger partial charge in [0.1, 0.15) is 11.8 Å². The van der Waals surface area contributed by atoms with Crippen molar-refractivity contribution in [3.63, 3.8) is 0 Å². The number of hydrogen-bond donors (Lipinski definition) is 4. The number of rotatable bonds is 12. The Kier molecular flexibility index (Phi) is 9.49. The van der Waals surface area contributed by atoms with Crippen molar-refractivity contribution in [2.75, 3.05) is 23.7 Å². The predicted octanol–water partition coefficient (Wildman–Crippen LogP) is 4.45. The summed E-state index contributed by atoms with van der Waals surface area (Å²) in [6, 6.07) is 23.7. The zero-order valence-corrected chi connectivity index (χ0v) is 19.4. The Labute approximate surface area is 200 Å². The highest BCUT2D eigenvalue weighted by atomic mass is 16.5. The molecule has 0 fully saturated rings. The molecule has 0 aromatic heterocycles. The largest absolute Gasteiger partial charge is 0.455 e. The van der Waals surface area contributed by atoms with Crippen LogP contribution in [-0.2, 0) is 9.59 Å².